The lowest BCUT2D eigenvalue weighted by Crippen LogP contribution is -2.09. The highest BCUT2D eigenvalue weighted by molar-refractivity contribution is 9.10. The fraction of sp³-hybridized carbons (Fsp3) is 0.0714. The summed E-state index contributed by atoms with van der Waals surface area (Å²) in [6.07, 6.45) is 0. The molecule has 0 saturated carbocycles. The maximum atomic E-state index is 11.9. The molecule has 2 aromatic rings. The van der Waals surface area contributed by atoms with E-state index in [1.807, 2.05) is 0 Å². The van der Waals surface area contributed by atoms with Crippen LogP contribution in [0.3, 0.4) is 0 Å². The van der Waals surface area contributed by atoms with E-state index in [9.17, 15) is 14.9 Å². The number of halogens is 1. The van der Waals surface area contributed by atoms with Crippen molar-refractivity contribution in [2.75, 3.05) is 0 Å². The van der Waals surface area contributed by atoms with Gasteiger partial charge in [-0.25, -0.2) is 4.79 Å². The molecule has 0 heterocycles. The standard InChI is InChI=1S/C14H10BrNO4/c1-9-8-10(2-7-13(9)16(18)19)14(17)20-12-5-3-11(15)4-6-12/h2-8H,1H3. The molecule has 6 heteroatoms. The molecule has 2 rings (SSSR count). The average molecular weight is 336 g/mol. The van der Waals surface area contributed by atoms with E-state index < -0.39 is 10.9 Å². The van der Waals surface area contributed by atoms with E-state index in [0.717, 1.165) is 4.47 Å². The van der Waals surface area contributed by atoms with E-state index in [4.69, 9.17) is 4.74 Å². The first-order chi connectivity index (χ1) is 9.47. The molecule has 5 nitrogen and oxygen atoms in total. The van der Waals surface area contributed by atoms with Crippen LogP contribution in [0.1, 0.15) is 15.9 Å². The molecule has 0 saturated heterocycles. The Bertz CT molecular complexity index is 667. The first-order valence-corrected chi connectivity index (χ1v) is 6.49. The topological polar surface area (TPSA) is 69.4 Å². The van der Waals surface area contributed by atoms with Crippen LogP contribution in [-0.2, 0) is 0 Å². The summed E-state index contributed by atoms with van der Waals surface area (Å²) in [4.78, 5) is 22.2. The monoisotopic (exact) mass is 335 g/mol. The van der Waals surface area contributed by atoms with Crippen molar-refractivity contribution in [2.24, 2.45) is 0 Å². The van der Waals surface area contributed by atoms with Crippen molar-refractivity contribution in [1.29, 1.82) is 0 Å². The summed E-state index contributed by atoms with van der Waals surface area (Å²) in [5.74, 6) is -0.139. The van der Waals surface area contributed by atoms with Crippen LogP contribution in [0, 0.1) is 17.0 Å². The molecule has 0 aliphatic carbocycles. The zero-order valence-electron chi connectivity index (χ0n) is 10.5. The number of esters is 1. The van der Waals surface area contributed by atoms with Crippen LogP contribution in [0.4, 0.5) is 5.69 Å². The molecule has 0 radical (unpaired) electrons. The molecule has 0 spiro atoms. The van der Waals surface area contributed by atoms with E-state index in [1.54, 1.807) is 31.2 Å². The van der Waals surface area contributed by atoms with Crippen molar-refractivity contribution in [1.82, 2.24) is 0 Å². The number of nitro groups is 1. The van der Waals surface area contributed by atoms with E-state index in [2.05, 4.69) is 15.9 Å². The minimum Gasteiger partial charge on any atom is -0.423 e. The van der Waals surface area contributed by atoms with Crippen LogP contribution >= 0.6 is 15.9 Å². The quantitative estimate of drug-likeness (QED) is 0.369. The molecule has 0 bridgehead atoms. The first kappa shape index (κ1) is 14.2. The molecule has 0 aliphatic heterocycles. The Labute approximate surface area is 123 Å². The lowest BCUT2D eigenvalue weighted by molar-refractivity contribution is -0.385. The van der Waals surface area contributed by atoms with E-state index >= 15 is 0 Å². The van der Waals surface area contributed by atoms with Gasteiger partial charge >= 0.3 is 5.97 Å². The highest BCUT2D eigenvalue weighted by Crippen LogP contribution is 2.21. The number of nitro benzene ring substituents is 1. The van der Waals surface area contributed by atoms with E-state index in [1.165, 1.54) is 18.2 Å². The second-order valence-electron chi connectivity index (χ2n) is 4.10. The van der Waals surface area contributed by atoms with Gasteiger partial charge in [-0.15, -0.1) is 0 Å². The van der Waals surface area contributed by atoms with Crippen molar-refractivity contribution in [3.8, 4) is 5.75 Å². The predicted molar refractivity (Wildman–Crippen MR) is 76.9 cm³/mol. The molecule has 0 aromatic heterocycles. The third-order valence-electron chi connectivity index (χ3n) is 2.65. The van der Waals surface area contributed by atoms with Gasteiger partial charge in [0.25, 0.3) is 5.69 Å². The number of nitrogens with zero attached hydrogens (tertiary/aromatic N) is 1. The Morgan fingerprint density at radius 2 is 1.85 bits per heavy atom. The molecule has 0 fully saturated rings. The summed E-state index contributed by atoms with van der Waals surface area (Å²) in [5, 5.41) is 10.7. The largest absolute Gasteiger partial charge is 0.423 e. The summed E-state index contributed by atoms with van der Waals surface area (Å²) < 4.78 is 6.06. The third-order valence-corrected chi connectivity index (χ3v) is 3.18. The minimum absolute atomic E-state index is 0.0230. The normalized spacial score (nSPS) is 10.1. The molecule has 0 amide bonds. The van der Waals surface area contributed by atoms with Crippen molar-refractivity contribution in [3.63, 3.8) is 0 Å². The Morgan fingerprint density at radius 1 is 1.20 bits per heavy atom. The Hall–Kier alpha value is -2.21. The lowest BCUT2D eigenvalue weighted by atomic mass is 10.1. The van der Waals surface area contributed by atoms with Crippen LogP contribution in [0.25, 0.3) is 0 Å². The zero-order valence-corrected chi connectivity index (χ0v) is 12.1. The highest BCUT2D eigenvalue weighted by atomic mass is 79.9. The molecular weight excluding hydrogens is 326 g/mol. The van der Waals surface area contributed by atoms with Crippen LogP contribution in [0.2, 0.25) is 0 Å². The number of aryl methyl sites for hydroxylation is 1. The predicted octanol–water partition coefficient (Wildman–Crippen LogP) is 3.88. The molecule has 0 aliphatic rings. The maximum absolute atomic E-state index is 11.9. The average Bonchev–Trinajstić information content (AvgIpc) is 2.40. The Morgan fingerprint density at radius 3 is 2.40 bits per heavy atom. The van der Waals surface area contributed by atoms with Crippen molar-refractivity contribution >= 4 is 27.6 Å². The van der Waals surface area contributed by atoms with Crippen molar-refractivity contribution < 1.29 is 14.5 Å². The molecule has 0 atom stereocenters. The highest BCUT2D eigenvalue weighted by Gasteiger charge is 2.15. The summed E-state index contributed by atoms with van der Waals surface area (Å²) in [7, 11) is 0. The van der Waals surface area contributed by atoms with Gasteiger partial charge in [-0.2, -0.15) is 0 Å². The Kier molecular flexibility index (Phi) is 4.14. The fourth-order valence-corrected chi connectivity index (χ4v) is 1.92. The van der Waals surface area contributed by atoms with Gasteiger partial charge in [-0.3, -0.25) is 10.1 Å². The summed E-state index contributed by atoms with van der Waals surface area (Å²) in [6, 6.07) is 10.9. The molecular formula is C14H10BrNO4. The zero-order chi connectivity index (χ0) is 14.7. The molecule has 2 aromatic carbocycles. The van der Waals surface area contributed by atoms with E-state index in [0.29, 0.717) is 11.3 Å². The number of benzene rings is 2. The minimum atomic E-state index is -0.551. The van der Waals surface area contributed by atoms with Crippen LogP contribution < -0.4 is 4.74 Å². The van der Waals surface area contributed by atoms with Crippen LogP contribution in [0.5, 0.6) is 5.75 Å². The Balaban J connectivity index is 2.19. The summed E-state index contributed by atoms with van der Waals surface area (Å²) >= 11 is 3.28. The number of hydrogen-bond donors (Lipinski definition) is 0. The van der Waals surface area contributed by atoms with Crippen molar-refractivity contribution in [2.45, 2.75) is 6.92 Å². The van der Waals surface area contributed by atoms with Gasteiger partial charge in [-0.1, -0.05) is 15.9 Å². The lowest BCUT2D eigenvalue weighted by Gasteiger charge is -2.05. The molecule has 102 valence electrons. The van der Waals surface area contributed by atoms with Crippen LogP contribution in [-0.4, -0.2) is 10.9 Å². The van der Waals surface area contributed by atoms with Crippen LogP contribution in [0.15, 0.2) is 46.9 Å². The van der Waals surface area contributed by atoms with Gasteiger partial charge in [0.05, 0.1) is 10.5 Å². The number of carbonyl (C=O) groups excluding carboxylic acids is 1. The second-order valence-corrected chi connectivity index (χ2v) is 5.02. The first-order valence-electron chi connectivity index (χ1n) is 5.70. The molecule has 0 N–H and O–H groups in total. The van der Waals surface area contributed by atoms with Gasteiger partial charge in [0.1, 0.15) is 5.75 Å². The number of carbonyl (C=O) groups is 1. The van der Waals surface area contributed by atoms with Crippen molar-refractivity contribution in [3.05, 3.63) is 68.2 Å². The fourth-order valence-electron chi connectivity index (χ4n) is 1.66. The summed E-state index contributed by atoms with van der Waals surface area (Å²) in [6.45, 7) is 1.58. The van der Waals surface area contributed by atoms with Gasteiger partial charge in [0.15, 0.2) is 0 Å². The van der Waals surface area contributed by atoms with Gasteiger partial charge < -0.3 is 4.74 Å². The molecule has 20 heavy (non-hydrogen) atoms. The second kappa shape index (κ2) is 5.83. The molecule has 0 unspecified atom stereocenters. The van der Waals surface area contributed by atoms with Gasteiger partial charge in [0.2, 0.25) is 0 Å². The smallest absolute Gasteiger partial charge is 0.343 e. The maximum Gasteiger partial charge on any atom is 0.343 e. The van der Waals surface area contributed by atoms with Gasteiger partial charge in [-0.05, 0) is 43.3 Å². The number of ether oxygens (including phenoxy) is 1. The van der Waals surface area contributed by atoms with Gasteiger partial charge in [0, 0.05) is 16.1 Å². The summed E-state index contributed by atoms with van der Waals surface area (Å²) in [5.41, 5.74) is 0.668. The third kappa shape index (κ3) is 3.21. The number of rotatable bonds is 3. The number of hydrogen-bond acceptors (Lipinski definition) is 4. The SMILES string of the molecule is Cc1cc(C(=O)Oc2ccc(Br)cc2)ccc1[N+](=O)[O-]. The van der Waals surface area contributed by atoms with E-state index in [-0.39, 0.29) is 11.3 Å².